The Hall–Kier alpha value is -0.790. The van der Waals surface area contributed by atoms with Crippen molar-refractivity contribution in [3.63, 3.8) is 0 Å². The van der Waals surface area contributed by atoms with Gasteiger partial charge in [0.25, 0.3) is 0 Å². The highest BCUT2D eigenvalue weighted by molar-refractivity contribution is 5.82. The van der Waals surface area contributed by atoms with Crippen LogP contribution >= 0.6 is 0 Å². The lowest BCUT2D eigenvalue weighted by atomic mass is 9.96. The van der Waals surface area contributed by atoms with Crippen molar-refractivity contribution in [2.24, 2.45) is 5.41 Å². The summed E-state index contributed by atoms with van der Waals surface area (Å²) >= 11 is 0. The molecule has 0 aliphatic carbocycles. The number of allylic oxidation sites excluding steroid dienone is 1. The molecule has 0 atom stereocenters. The molecule has 10 heavy (non-hydrogen) atoms. The van der Waals surface area contributed by atoms with Gasteiger partial charge < -0.3 is 5.32 Å². The van der Waals surface area contributed by atoms with Crippen LogP contribution in [0.5, 0.6) is 0 Å². The quantitative estimate of drug-likeness (QED) is 0.591. The molecule has 0 aliphatic rings. The van der Waals surface area contributed by atoms with Crippen LogP contribution in [0.1, 0.15) is 27.7 Å². The second-order valence-electron chi connectivity index (χ2n) is 3.48. The lowest BCUT2D eigenvalue weighted by molar-refractivity contribution is -0.127. The fourth-order valence-corrected chi connectivity index (χ4v) is 0.381. The predicted octanol–water partition coefficient (Wildman–Crippen LogP) is 1.68. The zero-order valence-corrected chi connectivity index (χ0v) is 7.12. The van der Waals surface area contributed by atoms with Crippen molar-refractivity contribution in [2.75, 3.05) is 0 Å². The van der Waals surface area contributed by atoms with Crippen LogP contribution < -0.4 is 5.32 Å². The van der Waals surface area contributed by atoms with Crippen molar-refractivity contribution in [1.29, 1.82) is 0 Å². The molecule has 0 radical (unpaired) electrons. The molecular formula is C8H15NO. The van der Waals surface area contributed by atoms with Crippen LogP contribution in [0.25, 0.3) is 0 Å². The molecule has 2 heteroatoms. The van der Waals surface area contributed by atoms with Crippen LogP contribution in [0.15, 0.2) is 12.3 Å². The molecule has 0 saturated heterocycles. The van der Waals surface area contributed by atoms with E-state index in [9.17, 15) is 4.79 Å². The molecule has 0 aromatic rings. The average Bonchev–Trinajstić information content (AvgIpc) is 1.60. The molecule has 0 saturated carbocycles. The Bertz CT molecular complexity index is 153. The summed E-state index contributed by atoms with van der Waals surface area (Å²) in [5, 5.41) is 2.65. The molecule has 0 fully saturated rings. The van der Waals surface area contributed by atoms with E-state index >= 15 is 0 Å². The summed E-state index contributed by atoms with van der Waals surface area (Å²) in [7, 11) is 0. The zero-order valence-electron chi connectivity index (χ0n) is 7.12. The maximum atomic E-state index is 11.1. The van der Waals surface area contributed by atoms with E-state index in [-0.39, 0.29) is 11.3 Å². The van der Waals surface area contributed by atoms with Gasteiger partial charge in [0, 0.05) is 11.1 Å². The Labute approximate surface area is 62.3 Å². The third-order valence-electron chi connectivity index (χ3n) is 1.01. The van der Waals surface area contributed by atoms with Gasteiger partial charge in [-0.2, -0.15) is 0 Å². The van der Waals surface area contributed by atoms with E-state index in [1.165, 1.54) is 0 Å². The van der Waals surface area contributed by atoms with Gasteiger partial charge in [-0.05, 0) is 6.92 Å². The second kappa shape index (κ2) is 2.86. The first-order chi connectivity index (χ1) is 4.34. The van der Waals surface area contributed by atoms with Gasteiger partial charge in [-0.3, -0.25) is 4.79 Å². The van der Waals surface area contributed by atoms with Gasteiger partial charge in [0.1, 0.15) is 0 Å². The summed E-state index contributed by atoms with van der Waals surface area (Å²) in [5.74, 6) is 0.0139. The van der Waals surface area contributed by atoms with Crippen LogP contribution in [0.2, 0.25) is 0 Å². The number of carbonyl (C=O) groups excluding carboxylic acids is 1. The molecule has 1 amide bonds. The Kier molecular flexibility index (Phi) is 2.64. The highest BCUT2D eigenvalue weighted by Gasteiger charge is 2.20. The van der Waals surface area contributed by atoms with Gasteiger partial charge in [0.2, 0.25) is 5.91 Å². The van der Waals surface area contributed by atoms with E-state index < -0.39 is 0 Å². The maximum absolute atomic E-state index is 11.1. The zero-order chi connectivity index (χ0) is 8.36. The molecule has 0 bridgehead atoms. The Morgan fingerprint density at radius 1 is 1.40 bits per heavy atom. The third kappa shape index (κ3) is 3.28. The molecule has 0 heterocycles. The maximum Gasteiger partial charge on any atom is 0.229 e. The van der Waals surface area contributed by atoms with Gasteiger partial charge in [-0.1, -0.05) is 27.4 Å². The summed E-state index contributed by atoms with van der Waals surface area (Å²) in [4.78, 5) is 11.1. The molecule has 58 valence electrons. The third-order valence-corrected chi connectivity index (χ3v) is 1.01. The van der Waals surface area contributed by atoms with E-state index in [2.05, 4.69) is 11.9 Å². The van der Waals surface area contributed by atoms with E-state index in [0.29, 0.717) is 5.70 Å². The molecule has 0 aliphatic heterocycles. The van der Waals surface area contributed by atoms with E-state index in [0.717, 1.165) is 0 Å². The first kappa shape index (κ1) is 9.21. The molecule has 1 N–H and O–H groups in total. The lowest BCUT2D eigenvalue weighted by Gasteiger charge is -2.17. The Morgan fingerprint density at radius 3 is 1.90 bits per heavy atom. The molecule has 0 aromatic carbocycles. The van der Waals surface area contributed by atoms with Crippen LogP contribution in [-0.2, 0) is 4.79 Å². The summed E-state index contributed by atoms with van der Waals surface area (Å²) in [5.41, 5.74) is 0.374. The Balaban J connectivity index is 3.99. The second-order valence-corrected chi connectivity index (χ2v) is 3.48. The standard InChI is InChI=1S/C8H15NO/c1-6(2)9-7(10)8(3,4)5/h1H2,2-5H3,(H,9,10). The number of rotatable bonds is 1. The van der Waals surface area contributed by atoms with Crippen molar-refractivity contribution >= 4 is 5.91 Å². The Morgan fingerprint density at radius 2 is 1.80 bits per heavy atom. The number of hydrogen-bond acceptors (Lipinski definition) is 1. The van der Waals surface area contributed by atoms with Gasteiger partial charge in [-0.25, -0.2) is 0 Å². The topological polar surface area (TPSA) is 29.1 Å². The summed E-state index contributed by atoms with van der Waals surface area (Å²) in [6.45, 7) is 10.9. The highest BCUT2D eigenvalue weighted by atomic mass is 16.2. The van der Waals surface area contributed by atoms with Crippen molar-refractivity contribution in [1.82, 2.24) is 5.32 Å². The summed E-state index contributed by atoms with van der Waals surface area (Å²) < 4.78 is 0. The summed E-state index contributed by atoms with van der Waals surface area (Å²) in [6, 6.07) is 0. The number of nitrogens with one attached hydrogen (secondary N) is 1. The van der Waals surface area contributed by atoms with Crippen molar-refractivity contribution in [2.45, 2.75) is 27.7 Å². The smallest absolute Gasteiger partial charge is 0.229 e. The highest BCUT2D eigenvalue weighted by Crippen LogP contribution is 2.12. The van der Waals surface area contributed by atoms with E-state index in [1.807, 2.05) is 20.8 Å². The minimum Gasteiger partial charge on any atom is -0.330 e. The molecular weight excluding hydrogens is 126 g/mol. The number of hydrogen-bond donors (Lipinski definition) is 1. The summed E-state index contributed by atoms with van der Waals surface area (Å²) in [6.07, 6.45) is 0. The first-order valence-corrected chi connectivity index (χ1v) is 3.31. The molecule has 2 nitrogen and oxygen atoms in total. The molecule has 0 rings (SSSR count). The minimum absolute atomic E-state index is 0.0139. The predicted molar refractivity (Wildman–Crippen MR) is 42.4 cm³/mol. The molecule has 0 spiro atoms. The van der Waals surface area contributed by atoms with Gasteiger partial charge in [0.15, 0.2) is 0 Å². The lowest BCUT2D eigenvalue weighted by Crippen LogP contribution is -2.33. The SMILES string of the molecule is C=C(C)NC(=O)C(C)(C)C. The normalized spacial score (nSPS) is 10.8. The minimum atomic E-state index is -0.320. The first-order valence-electron chi connectivity index (χ1n) is 3.31. The van der Waals surface area contributed by atoms with Gasteiger partial charge >= 0.3 is 0 Å². The fraction of sp³-hybridized carbons (Fsp3) is 0.625. The van der Waals surface area contributed by atoms with Crippen LogP contribution in [0.4, 0.5) is 0 Å². The average molecular weight is 141 g/mol. The monoisotopic (exact) mass is 141 g/mol. The van der Waals surface area contributed by atoms with Crippen molar-refractivity contribution in [3.8, 4) is 0 Å². The molecule has 0 aromatic heterocycles. The fourth-order valence-electron chi connectivity index (χ4n) is 0.381. The number of carbonyl (C=O) groups is 1. The number of amides is 1. The molecule has 0 unspecified atom stereocenters. The van der Waals surface area contributed by atoms with E-state index in [4.69, 9.17) is 0 Å². The van der Waals surface area contributed by atoms with Crippen molar-refractivity contribution < 1.29 is 4.79 Å². The van der Waals surface area contributed by atoms with Crippen LogP contribution in [0, 0.1) is 5.41 Å². The van der Waals surface area contributed by atoms with E-state index in [1.54, 1.807) is 6.92 Å². The van der Waals surface area contributed by atoms with Gasteiger partial charge in [0.05, 0.1) is 0 Å². The van der Waals surface area contributed by atoms with Gasteiger partial charge in [-0.15, -0.1) is 0 Å². The van der Waals surface area contributed by atoms with Crippen molar-refractivity contribution in [3.05, 3.63) is 12.3 Å². The van der Waals surface area contributed by atoms with Crippen LogP contribution in [0.3, 0.4) is 0 Å². The van der Waals surface area contributed by atoms with Crippen LogP contribution in [-0.4, -0.2) is 5.91 Å². The largest absolute Gasteiger partial charge is 0.330 e.